The lowest BCUT2D eigenvalue weighted by molar-refractivity contribution is -0.116. The van der Waals surface area contributed by atoms with E-state index in [1.54, 1.807) is 24.8 Å². The first-order valence-corrected chi connectivity index (χ1v) is 26.5. The quantitative estimate of drug-likeness (QED) is 0.115. The van der Waals surface area contributed by atoms with Gasteiger partial charge in [0.05, 0.1) is 52.6 Å². The molecule has 10 aromatic rings. The smallest absolute Gasteiger partial charge is 0.266 e. The number of amides is 2. The lowest BCUT2D eigenvalue weighted by Gasteiger charge is -2.37. The van der Waals surface area contributed by atoms with Crippen molar-refractivity contribution in [3.8, 4) is 11.3 Å². The van der Waals surface area contributed by atoms with Gasteiger partial charge in [-0.2, -0.15) is 5.10 Å². The summed E-state index contributed by atoms with van der Waals surface area (Å²) in [6.45, 7) is 8.43. The molecule has 8 heterocycles. The Morgan fingerprint density at radius 3 is 1.52 bits per heavy atom. The maximum Gasteiger partial charge on any atom is 0.266 e. The van der Waals surface area contributed by atoms with Crippen LogP contribution >= 0.6 is 0 Å². The van der Waals surface area contributed by atoms with Crippen molar-refractivity contribution in [1.29, 1.82) is 0 Å². The number of carbonyl (C=O) groups is 2. The summed E-state index contributed by atoms with van der Waals surface area (Å²) in [6.07, 6.45) is 8.07. The zero-order chi connectivity index (χ0) is 54.0. The van der Waals surface area contributed by atoms with Crippen LogP contribution in [0, 0.1) is 13.8 Å². The number of rotatable bonds is 12. The van der Waals surface area contributed by atoms with Gasteiger partial charge < -0.3 is 10.6 Å². The standard InChI is InChI=1S/C42H34N6O.C24H21N5O/c1-28-13-12-20-36(44-28)29(2)45-41(49)38-25-31-26-39-35(27-37(31)46-38)40(30-21-23-43-24-22-30)47-48(39)42(32-14-6-3-7-15-32,33-16-8-4-9-17-33)34-18-10-5-11-19-34;1-14-4-3-5-20(27-14)15(2)28-24(30)22-11-17-10-18-13-26-23(16-6-8-25-9-7-16)19(18)12-21(17)29-22/h3-24,26-27,29H,25H2,1-2H3,(H,45,49);3-10,12,15H,11,13H2,1-2H3,(H,28,30). The van der Waals surface area contributed by atoms with Gasteiger partial charge in [0.15, 0.2) is 0 Å². The normalized spacial score (nSPS) is 13.9. The molecule has 0 radical (unpaired) electrons. The second-order valence-corrected chi connectivity index (χ2v) is 20.1. The van der Waals surface area contributed by atoms with Crippen LogP contribution in [0.3, 0.4) is 0 Å². The van der Waals surface area contributed by atoms with Gasteiger partial charge in [0.1, 0.15) is 22.7 Å². The number of pyridine rings is 4. The SMILES string of the molecule is Cc1cccc(C(C)NC(=O)C2=Nc3cc4c(-c5ccncc5)nn(C(c5ccccc5)(c5ccccc5)c5ccccc5)c4cc3C2)n1.Cc1cccc(C(C)NC(=O)C2=Nc3cc4c(cc3C2)CN=C4c2ccncc2)n1. The molecule has 13 heteroatoms. The van der Waals surface area contributed by atoms with Crippen LogP contribution in [-0.4, -0.2) is 58.7 Å². The highest BCUT2D eigenvalue weighted by Gasteiger charge is 2.41. The fraction of sp³-hybridized carbons (Fsp3) is 0.152. The van der Waals surface area contributed by atoms with E-state index in [1.165, 1.54) is 5.56 Å². The number of nitrogens with one attached hydrogen (secondary N) is 2. The van der Waals surface area contributed by atoms with E-state index in [0.29, 0.717) is 30.8 Å². The van der Waals surface area contributed by atoms with Gasteiger partial charge in [0, 0.05) is 71.1 Å². The third-order valence-electron chi connectivity index (χ3n) is 14.8. The van der Waals surface area contributed by atoms with E-state index in [4.69, 9.17) is 15.1 Å². The van der Waals surface area contributed by atoms with E-state index in [1.807, 2.05) is 107 Å². The van der Waals surface area contributed by atoms with Crippen LogP contribution < -0.4 is 10.6 Å². The molecule has 2 amide bonds. The summed E-state index contributed by atoms with van der Waals surface area (Å²) in [5.74, 6) is -0.343. The van der Waals surface area contributed by atoms with Crippen LogP contribution in [0.25, 0.3) is 22.2 Å². The highest BCUT2D eigenvalue weighted by Crippen LogP contribution is 2.46. The summed E-state index contributed by atoms with van der Waals surface area (Å²) in [4.78, 5) is 58.1. The first-order chi connectivity index (χ1) is 38.6. The predicted octanol–water partition coefficient (Wildman–Crippen LogP) is 11.8. The highest BCUT2D eigenvalue weighted by atomic mass is 16.2. The lowest BCUT2D eigenvalue weighted by atomic mass is 9.77. The molecule has 0 saturated heterocycles. The van der Waals surface area contributed by atoms with Crippen LogP contribution in [0.4, 0.5) is 11.4 Å². The van der Waals surface area contributed by atoms with Crippen LogP contribution in [-0.2, 0) is 34.5 Å². The number of hydrogen-bond donors (Lipinski definition) is 2. The second-order valence-electron chi connectivity index (χ2n) is 20.1. The molecule has 0 saturated carbocycles. The molecule has 386 valence electrons. The number of aryl methyl sites for hydroxylation is 2. The highest BCUT2D eigenvalue weighted by molar-refractivity contribution is 6.41. The zero-order valence-corrected chi connectivity index (χ0v) is 44.2. The van der Waals surface area contributed by atoms with Crippen LogP contribution in [0.1, 0.15) is 93.2 Å². The summed E-state index contributed by atoms with van der Waals surface area (Å²) in [6, 6.07) is 59.2. The molecule has 5 aromatic heterocycles. The maximum absolute atomic E-state index is 13.6. The molecular weight excluding hydrogens is 979 g/mol. The number of fused-ring (bicyclic) bond motifs is 4. The van der Waals surface area contributed by atoms with Crippen LogP contribution in [0.15, 0.2) is 216 Å². The summed E-state index contributed by atoms with van der Waals surface area (Å²) < 4.78 is 2.17. The monoisotopic (exact) mass is 1030 g/mol. The second kappa shape index (κ2) is 21.3. The van der Waals surface area contributed by atoms with Crippen molar-refractivity contribution in [2.75, 3.05) is 0 Å². The molecule has 5 aromatic carbocycles. The van der Waals surface area contributed by atoms with Gasteiger partial charge in [0.2, 0.25) is 0 Å². The molecule has 0 aliphatic carbocycles. The van der Waals surface area contributed by atoms with Crippen molar-refractivity contribution >= 4 is 51.2 Å². The van der Waals surface area contributed by atoms with Crippen molar-refractivity contribution < 1.29 is 9.59 Å². The molecule has 79 heavy (non-hydrogen) atoms. The first-order valence-electron chi connectivity index (χ1n) is 26.5. The topological polar surface area (TPSA) is 165 Å². The Morgan fingerprint density at radius 1 is 0.532 bits per heavy atom. The first kappa shape index (κ1) is 50.0. The van der Waals surface area contributed by atoms with Gasteiger partial charge in [0.25, 0.3) is 11.8 Å². The number of benzene rings is 5. The minimum absolute atomic E-state index is 0.148. The number of aromatic nitrogens is 6. The third kappa shape index (κ3) is 9.71. The molecule has 0 bridgehead atoms. The predicted molar refractivity (Wildman–Crippen MR) is 310 cm³/mol. The molecule has 3 aliphatic rings. The van der Waals surface area contributed by atoms with Crippen molar-refractivity contribution in [2.45, 2.75) is 64.7 Å². The van der Waals surface area contributed by atoms with Gasteiger partial charge in [-0.05, 0) is 128 Å². The van der Waals surface area contributed by atoms with Gasteiger partial charge in [-0.1, -0.05) is 109 Å². The number of carbonyl (C=O) groups excluding carboxylic acids is 2. The molecule has 13 rings (SSSR count). The molecule has 2 N–H and O–H groups in total. The van der Waals surface area contributed by atoms with Crippen molar-refractivity contribution in [2.24, 2.45) is 15.0 Å². The molecule has 2 unspecified atom stereocenters. The number of aliphatic imine (C=N–C) groups is 3. The van der Waals surface area contributed by atoms with Crippen LogP contribution in [0.2, 0.25) is 0 Å². The average Bonchev–Trinajstić information content (AvgIpc) is 4.51. The molecule has 0 fully saturated rings. The minimum Gasteiger partial charge on any atom is -0.343 e. The molecule has 3 aliphatic heterocycles. The van der Waals surface area contributed by atoms with Crippen molar-refractivity contribution in [1.82, 2.24) is 40.3 Å². The number of hydrogen-bond acceptors (Lipinski definition) is 10. The summed E-state index contributed by atoms with van der Waals surface area (Å²) in [7, 11) is 0. The Labute approximate surface area is 458 Å². The molecule has 2 atom stereocenters. The Bertz CT molecular complexity index is 3930. The van der Waals surface area contributed by atoms with Gasteiger partial charge in [-0.25, -0.2) is 14.7 Å². The van der Waals surface area contributed by atoms with E-state index in [2.05, 4.69) is 137 Å². The Morgan fingerprint density at radius 2 is 1.01 bits per heavy atom. The Hall–Kier alpha value is -9.88. The largest absolute Gasteiger partial charge is 0.343 e. The van der Waals surface area contributed by atoms with Gasteiger partial charge in [-0.3, -0.25) is 34.5 Å². The van der Waals surface area contributed by atoms with Crippen molar-refractivity contribution in [3.63, 3.8) is 0 Å². The van der Waals surface area contributed by atoms with E-state index in [-0.39, 0.29) is 23.9 Å². The maximum atomic E-state index is 13.6. The molecule has 13 nitrogen and oxygen atoms in total. The lowest BCUT2D eigenvalue weighted by Crippen LogP contribution is -2.38. The summed E-state index contributed by atoms with van der Waals surface area (Å²) in [5.41, 5.74) is 17.6. The minimum atomic E-state index is -0.822. The van der Waals surface area contributed by atoms with Gasteiger partial charge in [-0.15, -0.1) is 0 Å². The number of nitrogens with zero attached hydrogens (tertiary/aromatic N) is 9. The van der Waals surface area contributed by atoms with E-state index in [9.17, 15) is 9.59 Å². The Balaban J connectivity index is 0.000000177. The zero-order valence-electron chi connectivity index (χ0n) is 44.2. The summed E-state index contributed by atoms with van der Waals surface area (Å²) >= 11 is 0. The van der Waals surface area contributed by atoms with Gasteiger partial charge >= 0.3 is 0 Å². The third-order valence-corrected chi connectivity index (χ3v) is 14.8. The van der Waals surface area contributed by atoms with E-state index >= 15 is 0 Å². The fourth-order valence-electron chi connectivity index (χ4n) is 10.9. The fourth-order valence-corrected chi connectivity index (χ4v) is 10.9. The van der Waals surface area contributed by atoms with Crippen LogP contribution in [0.5, 0.6) is 0 Å². The van der Waals surface area contributed by atoms with E-state index < -0.39 is 5.54 Å². The molecule has 0 spiro atoms. The summed E-state index contributed by atoms with van der Waals surface area (Å²) in [5, 5.41) is 12.6. The Kier molecular flexibility index (Phi) is 13.5. The average molecular weight is 1030 g/mol. The molecular formula is C66H55N11O2. The van der Waals surface area contributed by atoms with Crippen molar-refractivity contribution in [3.05, 3.63) is 268 Å². The van der Waals surface area contributed by atoms with E-state index in [0.717, 1.165) is 101 Å².